The van der Waals surface area contributed by atoms with Crippen LogP contribution >= 0.6 is 0 Å². The zero-order chi connectivity index (χ0) is 26.3. The molecule has 0 radical (unpaired) electrons. The van der Waals surface area contributed by atoms with Crippen LogP contribution in [0.4, 0.5) is 17.5 Å². The van der Waals surface area contributed by atoms with E-state index in [2.05, 4.69) is 41.9 Å². The van der Waals surface area contributed by atoms with Crippen LogP contribution in [0.25, 0.3) is 0 Å². The molecule has 0 unspecified atom stereocenters. The van der Waals surface area contributed by atoms with Crippen molar-refractivity contribution in [1.29, 1.82) is 0 Å². The largest absolute Gasteiger partial charge is 0.497 e. The van der Waals surface area contributed by atoms with Crippen LogP contribution in [-0.4, -0.2) is 53.5 Å². The van der Waals surface area contributed by atoms with Gasteiger partial charge in [0.1, 0.15) is 11.6 Å². The number of ether oxygens (including phenoxy) is 1. The number of hydrogen-bond acceptors (Lipinski definition) is 9. The first kappa shape index (κ1) is 26.4. The summed E-state index contributed by atoms with van der Waals surface area (Å²) >= 11 is 0. The third kappa shape index (κ3) is 6.95. The minimum absolute atomic E-state index is 0.126. The van der Waals surface area contributed by atoms with Crippen molar-refractivity contribution >= 4 is 37.5 Å². The number of nitrogens with zero attached hydrogens (tertiary/aromatic N) is 2. The lowest BCUT2D eigenvalue weighted by Gasteiger charge is -2.10. The minimum Gasteiger partial charge on any atom is -0.497 e. The van der Waals surface area contributed by atoms with Gasteiger partial charge in [-0.3, -0.25) is 0 Å². The molecule has 0 spiro atoms. The maximum Gasteiger partial charge on any atom is 0.240 e. The highest BCUT2D eigenvalue weighted by molar-refractivity contribution is 7.89. The van der Waals surface area contributed by atoms with Gasteiger partial charge in [-0.05, 0) is 48.9 Å². The summed E-state index contributed by atoms with van der Waals surface area (Å²) in [6.07, 6.45) is 2.35. The number of hydrogen-bond donors (Lipinski definition) is 4. The molecule has 2 heterocycles. The summed E-state index contributed by atoms with van der Waals surface area (Å²) in [5, 5.41) is 6.19. The zero-order valence-electron chi connectivity index (χ0n) is 20.0. The molecule has 1 aliphatic heterocycles. The van der Waals surface area contributed by atoms with E-state index in [0.717, 1.165) is 0 Å². The number of fused-ring (bicyclic) bond motifs is 4. The molecule has 0 amide bonds. The van der Waals surface area contributed by atoms with Gasteiger partial charge in [0, 0.05) is 31.7 Å². The van der Waals surface area contributed by atoms with Gasteiger partial charge in [0.25, 0.3) is 0 Å². The van der Waals surface area contributed by atoms with Crippen LogP contribution in [0.5, 0.6) is 5.75 Å². The second-order valence-corrected chi connectivity index (χ2v) is 11.4. The Labute approximate surface area is 216 Å². The molecule has 37 heavy (non-hydrogen) atoms. The molecule has 4 bridgehead atoms. The van der Waals surface area contributed by atoms with Crippen molar-refractivity contribution < 1.29 is 21.6 Å². The summed E-state index contributed by atoms with van der Waals surface area (Å²) in [5.41, 5.74) is 1.06. The second kappa shape index (κ2) is 11.6. The standard InChI is InChI=1S/C24H26N6O5S2/c1-35-20-9-11-21(12-10-20)36(31,32)27-14-3-2-6-18-17-26-24-29-19-7-4-8-22(16-19)37(33,34)28-15-5-13-25-23(18)30-24/h4,7-12,16-17,27-28H,3,5,13-15H2,1H3,(H2,25,26,29,30). The lowest BCUT2D eigenvalue weighted by Crippen LogP contribution is -2.26. The van der Waals surface area contributed by atoms with Gasteiger partial charge < -0.3 is 15.4 Å². The number of anilines is 3. The van der Waals surface area contributed by atoms with Crippen molar-refractivity contribution in [3.63, 3.8) is 0 Å². The Balaban J connectivity index is 1.45. The molecule has 2 aromatic carbocycles. The Bertz CT molecular complexity index is 1530. The molecule has 4 N–H and O–H groups in total. The lowest BCUT2D eigenvalue weighted by molar-refractivity contribution is 0.414. The van der Waals surface area contributed by atoms with Crippen molar-refractivity contribution in [2.24, 2.45) is 0 Å². The maximum absolute atomic E-state index is 12.5. The van der Waals surface area contributed by atoms with E-state index >= 15 is 0 Å². The van der Waals surface area contributed by atoms with E-state index in [4.69, 9.17) is 4.74 Å². The summed E-state index contributed by atoms with van der Waals surface area (Å²) in [6, 6.07) is 12.5. The molecule has 3 aromatic rings. The van der Waals surface area contributed by atoms with Gasteiger partial charge in [0.05, 0.1) is 28.7 Å². The Morgan fingerprint density at radius 1 is 1.14 bits per heavy atom. The van der Waals surface area contributed by atoms with E-state index in [0.29, 0.717) is 35.8 Å². The van der Waals surface area contributed by atoms with Crippen LogP contribution in [0, 0.1) is 11.8 Å². The fourth-order valence-electron chi connectivity index (χ4n) is 3.37. The first-order chi connectivity index (χ1) is 17.8. The van der Waals surface area contributed by atoms with Gasteiger partial charge in [0.2, 0.25) is 26.0 Å². The average Bonchev–Trinajstić information content (AvgIpc) is 2.89. The van der Waals surface area contributed by atoms with Crippen LogP contribution in [-0.2, 0) is 20.0 Å². The Morgan fingerprint density at radius 2 is 1.95 bits per heavy atom. The van der Waals surface area contributed by atoms with Gasteiger partial charge >= 0.3 is 0 Å². The van der Waals surface area contributed by atoms with Gasteiger partial charge in [-0.2, -0.15) is 4.98 Å². The fraction of sp³-hybridized carbons (Fsp3) is 0.250. The van der Waals surface area contributed by atoms with Crippen molar-refractivity contribution in [3.05, 3.63) is 60.3 Å². The molecule has 1 aromatic heterocycles. The molecule has 11 nitrogen and oxygen atoms in total. The molecule has 194 valence electrons. The zero-order valence-corrected chi connectivity index (χ0v) is 21.6. The van der Waals surface area contributed by atoms with E-state index < -0.39 is 20.0 Å². The monoisotopic (exact) mass is 542 g/mol. The molecular weight excluding hydrogens is 516 g/mol. The number of sulfonamides is 2. The van der Waals surface area contributed by atoms with Crippen LogP contribution in [0.3, 0.4) is 0 Å². The van der Waals surface area contributed by atoms with E-state index in [-0.39, 0.29) is 35.2 Å². The van der Waals surface area contributed by atoms with Crippen molar-refractivity contribution in [3.8, 4) is 17.6 Å². The van der Waals surface area contributed by atoms with E-state index in [9.17, 15) is 16.8 Å². The van der Waals surface area contributed by atoms with Crippen molar-refractivity contribution in [2.45, 2.75) is 22.6 Å². The summed E-state index contributed by atoms with van der Waals surface area (Å²) in [4.78, 5) is 9.07. The highest BCUT2D eigenvalue weighted by Crippen LogP contribution is 2.21. The van der Waals surface area contributed by atoms with Gasteiger partial charge in [-0.1, -0.05) is 17.9 Å². The quantitative estimate of drug-likeness (QED) is 0.280. The molecule has 1 aliphatic rings. The molecule has 0 aliphatic carbocycles. The lowest BCUT2D eigenvalue weighted by atomic mass is 10.2. The van der Waals surface area contributed by atoms with Crippen LogP contribution in [0.1, 0.15) is 18.4 Å². The third-order valence-corrected chi connectivity index (χ3v) is 8.20. The molecule has 0 fully saturated rings. The number of benzene rings is 2. The van der Waals surface area contributed by atoms with Crippen LogP contribution in [0.2, 0.25) is 0 Å². The van der Waals surface area contributed by atoms with E-state index in [1.165, 1.54) is 31.4 Å². The number of methoxy groups -OCH3 is 1. The minimum atomic E-state index is -3.66. The molecular formula is C24H26N6O5S2. The SMILES string of the molecule is COc1ccc(S(=O)(=O)NCCC#Cc2cnc3nc2NCCCNS(=O)(=O)c2cccc(c2)N3)cc1. The van der Waals surface area contributed by atoms with E-state index in [1.54, 1.807) is 30.5 Å². The molecule has 0 saturated carbocycles. The van der Waals surface area contributed by atoms with E-state index in [1.807, 2.05) is 0 Å². The predicted octanol–water partition coefficient (Wildman–Crippen LogP) is 2.04. The molecule has 0 atom stereocenters. The van der Waals surface area contributed by atoms with Crippen LogP contribution in [0.15, 0.2) is 64.5 Å². The van der Waals surface area contributed by atoms with Gasteiger partial charge in [0.15, 0.2) is 0 Å². The predicted molar refractivity (Wildman–Crippen MR) is 140 cm³/mol. The summed E-state index contributed by atoms with van der Waals surface area (Å²) in [7, 11) is -5.78. The molecule has 4 rings (SSSR count). The smallest absolute Gasteiger partial charge is 0.240 e. The Kier molecular flexibility index (Phi) is 8.24. The summed E-state index contributed by atoms with van der Waals surface area (Å²) < 4.78 is 60.0. The van der Waals surface area contributed by atoms with Crippen LogP contribution < -0.4 is 24.8 Å². The normalized spacial score (nSPS) is 14.8. The fourth-order valence-corrected chi connectivity index (χ4v) is 5.52. The Hall–Kier alpha value is -3.70. The maximum atomic E-state index is 12.5. The number of aromatic nitrogens is 2. The summed E-state index contributed by atoms with van der Waals surface area (Å²) in [5.74, 6) is 7.26. The first-order valence-electron chi connectivity index (χ1n) is 11.4. The molecule has 13 heteroatoms. The highest BCUT2D eigenvalue weighted by atomic mass is 32.2. The summed E-state index contributed by atoms with van der Waals surface area (Å²) in [6.45, 7) is 0.828. The first-order valence-corrected chi connectivity index (χ1v) is 14.3. The van der Waals surface area contributed by atoms with Crippen molar-refractivity contribution in [2.75, 3.05) is 37.4 Å². The van der Waals surface area contributed by atoms with Crippen molar-refractivity contribution in [1.82, 2.24) is 19.4 Å². The molecule has 0 saturated heterocycles. The second-order valence-electron chi connectivity index (χ2n) is 7.91. The average molecular weight is 543 g/mol. The topological polar surface area (TPSA) is 151 Å². The van der Waals surface area contributed by atoms with Gasteiger partial charge in [-0.25, -0.2) is 31.3 Å². The highest BCUT2D eigenvalue weighted by Gasteiger charge is 2.16. The Morgan fingerprint density at radius 3 is 2.73 bits per heavy atom. The third-order valence-electron chi connectivity index (χ3n) is 5.26. The number of rotatable bonds is 5. The van der Waals surface area contributed by atoms with Gasteiger partial charge in [-0.15, -0.1) is 0 Å². The number of nitrogens with one attached hydrogen (secondary N) is 4.